The molecule has 5 nitrogen and oxygen atoms in total. The number of rotatable bonds is 2. The molecule has 1 atom stereocenters. The second kappa shape index (κ2) is 5.94. The summed E-state index contributed by atoms with van der Waals surface area (Å²) in [5, 5.41) is 0. The molecule has 1 aromatic rings. The fourth-order valence-electron chi connectivity index (χ4n) is 2.75. The maximum absolute atomic E-state index is 12.5. The maximum Gasteiger partial charge on any atom is 0.289 e. The summed E-state index contributed by atoms with van der Waals surface area (Å²) in [6.07, 6.45) is 10.1. The van der Waals surface area contributed by atoms with Gasteiger partial charge in [-0.25, -0.2) is 4.98 Å². The van der Waals surface area contributed by atoms with Crippen molar-refractivity contribution in [2.45, 2.75) is 19.3 Å². The van der Waals surface area contributed by atoms with Crippen LogP contribution in [0.1, 0.15) is 34.8 Å². The standard InChI is InChI=1S/C15H18N3O2P/c19-14(18-8-6-10(7-9-18)15(20)21)13-16-11-4-2-1-3-5-12(11)17-13/h1-4,10H,5-9,21H2,(H,16,17). The molecule has 1 saturated heterocycles. The van der Waals surface area contributed by atoms with Gasteiger partial charge in [0.05, 0.1) is 5.69 Å². The lowest BCUT2D eigenvalue weighted by molar-refractivity contribution is -0.115. The van der Waals surface area contributed by atoms with Crippen molar-refractivity contribution in [3.05, 3.63) is 35.4 Å². The molecule has 1 unspecified atom stereocenters. The van der Waals surface area contributed by atoms with E-state index in [9.17, 15) is 9.59 Å². The quantitative estimate of drug-likeness (QED) is 0.847. The number of carbonyl (C=O) groups is 2. The van der Waals surface area contributed by atoms with E-state index in [1.807, 2.05) is 24.3 Å². The molecule has 0 aromatic carbocycles. The van der Waals surface area contributed by atoms with Crippen molar-refractivity contribution in [2.24, 2.45) is 5.92 Å². The first-order valence-corrected chi connectivity index (χ1v) is 7.73. The molecule has 1 aromatic heterocycles. The van der Waals surface area contributed by atoms with Crippen LogP contribution in [0.3, 0.4) is 0 Å². The molecule has 1 aliphatic carbocycles. The average molecular weight is 303 g/mol. The minimum absolute atomic E-state index is 0.0699. The highest BCUT2D eigenvalue weighted by atomic mass is 31.0. The van der Waals surface area contributed by atoms with Crippen LogP contribution < -0.4 is 0 Å². The molecule has 2 heterocycles. The summed E-state index contributed by atoms with van der Waals surface area (Å²) in [4.78, 5) is 33.1. The minimum atomic E-state index is -0.0740. The van der Waals surface area contributed by atoms with E-state index >= 15 is 0 Å². The number of piperidine rings is 1. The number of amides is 1. The number of nitrogens with zero attached hydrogens (tertiary/aromatic N) is 2. The Labute approximate surface area is 125 Å². The lowest BCUT2D eigenvalue weighted by Crippen LogP contribution is -2.40. The lowest BCUT2D eigenvalue weighted by Gasteiger charge is -2.30. The van der Waals surface area contributed by atoms with Crippen LogP contribution in [0.25, 0.3) is 6.08 Å². The second-order valence-electron chi connectivity index (χ2n) is 5.41. The first-order valence-electron chi connectivity index (χ1n) is 7.16. The SMILES string of the molecule is O=C(P)C1CCN(C(=O)c2nc3c([nH]2)CC=CC=C3)CC1. The molecule has 1 aliphatic heterocycles. The molecule has 110 valence electrons. The van der Waals surface area contributed by atoms with Gasteiger partial charge in [-0.05, 0) is 18.9 Å². The van der Waals surface area contributed by atoms with Crippen LogP contribution in [-0.4, -0.2) is 39.4 Å². The molecule has 0 spiro atoms. The molecule has 1 fully saturated rings. The van der Waals surface area contributed by atoms with Crippen LogP contribution in [0.2, 0.25) is 0 Å². The molecule has 0 radical (unpaired) electrons. The van der Waals surface area contributed by atoms with Gasteiger partial charge in [-0.1, -0.05) is 27.5 Å². The second-order valence-corrected chi connectivity index (χ2v) is 5.98. The molecular formula is C15H18N3O2P. The number of likely N-dealkylation sites (tertiary alicyclic amines) is 1. The molecular weight excluding hydrogens is 285 g/mol. The normalized spacial score (nSPS) is 18.4. The van der Waals surface area contributed by atoms with Crippen LogP contribution in [0, 0.1) is 5.92 Å². The minimum Gasteiger partial charge on any atom is -0.337 e. The Kier molecular flexibility index (Phi) is 4.02. The van der Waals surface area contributed by atoms with Gasteiger partial charge in [0, 0.05) is 31.1 Å². The topological polar surface area (TPSA) is 66.1 Å². The first-order chi connectivity index (χ1) is 10.1. The summed E-state index contributed by atoms with van der Waals surface area (Å²) in [6, 6.07) is 0. The number of aromatic nitrogens is 2. The van der Waals surface area contributed by atoms with Gasteiger partial charge in [-0.3, -0.25) is 9.59 Å². The molecule has 1 N–H and O–H groups in total. The van der Waals surface area contributed by atoms with E-state index in [2.05, 4.69) is 19.2 Å². The highest BCUT2D eigenvalue weighted by Gasteiger charge is 2.27. The Bertz CT molecular complexity index is 625. The predicted molar refractivity (Wildman–Crippen MR) is 83.8 cm³/mol. The fourth-order valence-corrected chi connectivity index (χ4v) is 3.08. The number of H-pyrrole nitrogens is 1. The number of hydrogen-bond acceptors (Lipinski definition) is 3. The smallest absolute Gasteiger partial charge is 0.289 e. The average Bonchev–Trinajstić information content (AvgIpc) is 2.77. The Hall–Kier alpha value is -1.74. The summed E-state index contributed by atoms with van der Waals surface area (Å²) in [7, 11) is 2.24. The Balaban J connectivity index is 1.71. The van der Waals surface area contributed by atoms with Crippen LogP contribution >= 0.6 is 9.24 Å². The van der Waals surface area contributed by atoms with Crippen LogP contribution in [0.15, 0.2) is 18.2 Å². The number of carbonyl (C=O) groups excluding carboxylic acids is 2. The van der Waals surface area contributed by atoms with Gasteiger partial charge in [0.2, 0.25) is 0 Å². The van der Waals surface area contributed by atoms with Gasteiger partial charge in [0.15, 0.2) is 11.3 Å². The van der Waals surface area contributed by atoms with E-state index in [1.54, 1.807) is 4.90 Å². The third-order valence-electron chi connectivity index (χ3n) is 4.02. The predicted octanol–water partition coefficient (Wildman–Crippen LogP) is 1.79. The Morgan fingerprint density at radius 3 is 2.76 bits per heavy atom. The van der Waals surface area contributed by atoms with E-state index in [0.29, 0.717) is 18.9 Å². The zero-order valence-electron chi connectivity index (χ0n) is 11.7. The van der Waals surface area contributed by atoms with Crippen molar-refractivity contribution in [2.75, 3.05) is 13.1 Å². The van der Waals surface area contributed by atoms with E-state index in [-0.39, 0.29) is 17.3 Å². The third kappa shape index (κ3) is 2.98. The van der Waals surface area contributed by atoms with E-state index < -0.39 is 0 Å². The number of allylic oxidation sites excluding steroid dienone is 3. The third-order valence-corrected chi connectivity index (χ3v) is 4.49. The molecule has 21 heavy (non-hydrogen) atoms. The fraction of sp³-hybridized carbons (Fsp3) is 0.400. The summed E-state index contributed by atoms with van der Waals surface area (Å²) >= 11 is 0. The van der Waals surface area contributed by atoms with Gasteiger partial charge in [-0.2, -0.15) is 0 Å². The highest BCUT2D eigenvalue weighted by molar-refractivity contribution is 7.40. The maximum atomic E-state index is 12.5. The van der Waals surface area contributed by atoms with E-state index in [1.165, 1.54) is 0 Å². The molecule has 6 heteroatoms. The Morgan fingerprint density at radius 1 is 1.29 bits per heavy atom. The van der Waals surface area contributed by atoms with Crippen LogP contribution in [-0.2, 0) is 11.2 Å². The summed E-state index contributed by atoms with van der Waals surface area (Å²) < 4.78 is 0. The van der Waals surface area contributed by atoms with Crippen molar-refractivity contribution in [3.63, 3.8) is 0 Å². The number of fused-ring (bicyclic) bond motifs is 1. The molecule has 0 saturated carbocycles. The van der Waals surface area contributed by atoms with E-state index in [0.717, 1.165) is 30.7 Å². The van der Waals surface area contributed by atoms with Crippen molar-refractivity contribution < 1.29 is 9.59 Å². The van der Waals surface area contributed by atoms with Gasteiger partial charge < -0.3 is 9.88 Å². The molecule has 2 aliphatic rings. The number of imidazole rings is 1. The monoisotopic (exact) mass is 303 g/mol. The van der Waals surface area contributed by atoms with Gasteiger partial charge in [-0.15, -0.1) is 0 Å². The molecule has 1 amide bonds. The van der Waals surface area contributed by atoms with Gasteiger partial charge in [0.25, 0.3) is 5.91 Å². The summed E-state index contributed by atoms with van der Waals surface area (Å²) in [6.45, 7) is 1.23. The zero-order valence-corrected chi connectivity index (χ0v) is 12.9. The van der Waals surface area contributed by atoms with Crippen molar-refractivity contribution in [3.8, 4) is 0 Å². The Morgan fingerprint density at radius 2 is 2.05 bits per heavy atom. The van der Waals surface area contributed by atoms with Gasteiger partial charge in [0.1, 0.15) is 0 Å². The van der Waals surface area contributed by atoms with Crippen molar-refractivity contribution in [1.82, 2.24) is 14.9 Å². The lowest BCUT2D eigenvalue weighted by atomic mass is 9.98. The highest BCUT2D eigenvalue weighted by Crippen LogP contribution is 2.22. The van der Waals surface area contributed by atoms with Crippen LogP contribution in [0.4, 0.5) is 0 Å². The molecule has 3 rings (SSSR count). The number of aromatic amines is 1. The summed E-state index contributed by atoms with van der Waals surface area (Å²) in [5.74, 6) is 0.395. The first kappa shape index (κ1) is 14.2. The van der Waals surface area contributed by atoms with E-state index in [4.69, 9.17) is 0 Å². The number of hydrogen-bond donors (Lipinski definition) is 1. The van der Waals surface area contributed by atoms with Crippen molar-refractivity contribution in [1.29, 1.82) is 0 Å². The summed E-state index contributed by atoms with van der Waals surface area (Å²) in [5.41, 5.74) is 1.94. The largest absolute Gasteiger partial charge is 0.337 e. The molecule has 0 bridgehead atoms. The number of nitrogens with one attached hydrogen (secondary N) is 1. The van der Waals surface area contributed by atoms with Crippen molar-refractivity contribution >= 4 is 26.7 Å². The van der Waals surface area contributed by atoms with Crippen LogP contribution in [0.5, 0.6) is 0 Å². The van der Waals surface area contributed by atoms with Gasteiger partial charge >= 0.3 is 0 Å². The zero-order chi connectivity index (χ0) is 14.8.